The molecule has 0 radical (unpaired) electrons. The van der Waals surface area contributed by atoms with Gasteiger partial charge in [-0.15, -0.1) is 0 Å². The van der Waals surface area contributed by atoms with Crippen LogP contribution in [-0.2, 0) is 0 Å². The maximum absolute atomic E-state index is 13.3. The van der Waals surface area contributed by atoms with Crippen molar-refractivity contribution in [1.29, 1.82) is 0 Å². The number of aryl methyl sites for hydroxylation is 1. The van der Waals surface area contributed by atoms with E-state index in [2.05, 4.69) is 0 Å². The summed E-state index contributed by atoms with van der Waals surface area (Å²) in [6.45, 7) is 1.65. The SMILES string of the molecule is Cc1ccc(C(O)CCN(C)CC(F)F)cc1F. The Morgan fingerprint density at radius 1 is 1.33 bits per heavy atom. The molecule has 0 aliphatic heterocycles. The van der Waals surface area contributed by atoms with Crippen LogP contribution in [0.5, 0.6) is 0 Å². The molecule has 2 nitrogen and oxygen atoms in total. The molecule has 1 rings (SSSR count). The van der Waals surface area contributed by atoms with Crippen LogP contribution >= 0.6 is 0 Å². The second-order valence-electron chi connectivity index (χ2n) is 4.47. The van der Waals surface area contributed by atoms with Gasteiger partial charge in [0.15, 0.2) is 0 Å². The summed E-state index contributed by atoms with van der Waals surface area (Å²) in [7, 11) is 1.56. The second-order valence-corrected chi connectivity index (χ2v) is 4.47. The predicted octanol–water partition coefficient (Wildman–Crippen LogP) is 2.75. The summed E-state index contributed by atoms with van der Waals surface area (Å²) in [4.78, 5) is 1.44. The van der Waals surface area contributed by atoms with Crippen molar-refractivity contribution in [1.82, 2.24) is 4.90 Å². The van der Waals surface area contributed by atoms with Crippen LogP contribution in [0.25, 0.3) is 0 Å². The average Bonchev–Trinajstić information content (AvgIpc) is 2.28. The topological polar surface area (TPSA) is 23.5 Å². The number of alkyl halides is 2. The van der Waals surface area contributed by atoms with Crippen molar-refractivity contribution in [3.05, 3.63) is 35.1 Å². The van der Waals surface area contributed by atoms with Gasteiger partial charge in [-0.1, -0.05) is 12.1 Å². The largest absolute Gasteiger partial charge is 0.388 e. The maximum Gasteiger partial charge on any atom is 0.251 e. The molecule has 1 aromatic rings. The normalized spacial score (nSPS) is 13.3. The Morgan fingerprint density at radius 3 is 2.56 bits per heavy atom. The minimum absolute atomic E-state index is 0.297. The summed E-state index contributed by atoms with van der Waals surface area (Å²) in [5.41, 5.74) is 0.990. The van der Waals surface area contributed by atoms with Gasteiger partial charge in [0.25, 0.3) is 6.43 Å². The Labute approximate surface area is 105 Å². The minimum atomic E-state index is -2.39. The number of hydrogen-bond donors (Lipinski definition) is 1. The van der Waals surface area contributed by atoms with Gasteiger partial charge in [0.1, 0.15) is 5.82 Å². The highest BCUT2D eigenvalue weighted by atomic mass is 19.3. The van der Waals surface area contributed by atoms with Gasteiger partial charge >= 0.3 is 0 Å². The molecule has 0 amide bonds. The van der Waals surface area contributed by atoms with Crippen molar-refractivity contribution in [2.45, 2.75) is 25.9 Å². The Bertz CT molecular complexity index is 384. The molecule has 0 bridgehead atoms. The van der Waals surface area contributed by atoms with E-state index < -0.39 is 12.5 Å². The van der Waals surface area contributed by atoms with Crippen LogP contribution in [0.1, 0.15) is 23.7 Å². The van der Waals surface area contributed by atoms with Crippen LogP contribution in [0.2, 0.25) is 0 Å². The van der Waals surface area contributed by atoms with Gasteiger partial charge in [-0.2, -0.15) is 0 Å². The predicted molar refractivity (Wildman–Crippen MR) is 64.2 cm³/mol. The quantitative estimate of drug-likeness (QED) is 0.851. The van der Waals surface area contributed by atoms with Gasteiger partial charge < -0.3 is 10.0 Å². The fraction of sp³-hybridized carbons (Fsp3) is 0.538. The zero-order chi connectivity index (χ0) is 13.7. The summed E-state index contributed by atoms with van der Waals surface area (Å²) in [6, 6.07) is 4.53. The van der Waals surface area contributed by atoms with Crippen molar-refractivity contribution >= 4 is 0 Å². The number of hydrogen-bond acceptors (Lipinski definition) is 2. The number of aliphatic hydroxyl groups is 1. The van der Waals surface area contributed by atoms with E-state index in [1.54, 1.807) is 26.1 Å². The first-order valence-electron chi connectivity index (χ1n) is 5.81. The highest BCUT2D eigenvalue weighted by molar-refractivity contribution is 5.24. The van der Waals surface area contributed by atoms with Crippen LogP contribution in [0.4, 0.5) is 13.2 Å². The molecule has 18 heavy (non-hydrogen) atoms. The summed E-state index contributed by atoms with van der Waals surface area (Å²) >= 11 is 0. The number of nitrogens with zero attached hydrogens (tertiary/aromatic N) is 1. The first-order valence-corrected chi connectivity index (χ1v) is 5.81. The standard InChI is InChI=1S/C13H18F3NO/c1-9-3-4-10(7-11(9)14)12(18)5-6-17(2)8-13(15)16/h3-4,7,12-13,18H,5-6,8H2,1-2H3. The molecule has 1 atom stereocenters. The van der Waals surface area contributed by atoms with E-state index in [1.807, 2.05) is 0 Å². The molecule has 1 aromatic carbocycles. The maximum atomic E-state index is 13.3. The molecule has 5 heteroatoms. The smallest absolute Gasteiger partial charge is 0.251 e. The van der Waals surface area contributed by atoms with Crippen LogP contribution in [0.15, 0.2) is 18.2 Å². The van der Waals surface area contributed by atoms with Crippen LogP contribution in [0, 0.1) is 12.7 Å². The van der Waals surface area contributed by atoms with Gasteiger partial charge in [0.2, 0.25) is 0 Å². The van der Waals surface area contributed by atoms with Crippen molar-refractivity contribution in [2.75, 3.05) is 20.1 Å². The lowest BCUT2D eigenvalue weighted by Gasteiger charge is -2.18. The number of halogens is 3. The summed E-state index contributed by atoms with van der Waals surface area (Å²) in [5.74, 6) is -0.368. The van der Waals surface area contributed by atoms with E-state index in [1.165, 1.54) is 11.0 Å². The fourth-order valence-corrected chi connectivity index (χ4v) is 1.65. The lowest BCUT2D eigenvalue weighted by Crippen LogP contribution is -2.26. The second kappa shape index (κ2) is 6.75. The summed E-state index contributed by atoms with van der Waals surface area (Å²) in [5, 5.41) is 9.84. The van der Waals surface area contributed by atoms with Crippen molar-refractivity contribution in [3.63, 3.8) is 0 Å². The van der Waals surface area contributed by atoms with E-state index in [9.17, 15) is 18.3 Å². The third kappa shape index (κ3) is 4.66. The third-order valence-corrected chi connectivity index (χ3v) is 2.81. The molecule has 0 spiro atoms. The van der Waals surface area contributed by atoms with E-state index in [-0.39, 0.29) is 12.4 Å². The molecule has 0 saturated heterocycles. The van der Waals surface area contributed by atoms with Gasteiger partial charge in [-0.25, -0.2) is 13.2 Å². The Morgan fingerprint density at radius 2 is 2.00 bits per heavy atom. The molecule has 0 aromatic heterocycles. The molecule has 0 fully saturated rings. The monoisotopic (exact) mass is 261 g/mol. The molecular formula is C13H18F3NO. The summed E-state index contributed by atoms with van der Waals surface area (Å²) in [6.07, 6.45) is -2.92. The number of benzene rings is 1. The lowest BCUT2D eigenvalue weighted by atomic mass is 10.0. The minimum Gasteiger partial charge on any atom is -0.388 e. The van der Waals surface area contributed by atoms with Gasteiger partial charge in [-0.3, -0.25) is 0 Å². The lowest BCUT2D eigenvalue weighted by molar-refractivity contribution is 0.0873. The van der Waals surface area contributed by atoms with Gasteiger partial charge in [-0.05, 0) is 37.6 Å². The van der Waals surface area contributed by atoms with Crippen LogP contribution < -0.4 is 0 Å². The molecule has 0 aliphatic rings. The van der Waals surface area contributed by atoms with Crippen molar-refractivity contribution in [2.24, 2.45) is 0 Å². The first kappa shape index (κ1) is 15.0. The Balaban J connectivity index is 2.49. The Kier molecular flexibility index (Phi) is 5.62. The zero-order valence-corrected chi connectivity index (χ0v) is 10.5. The van der Waals surface area contributed by atoms with E-state index in [0.717, 1.165) is 0 Å². The van der Waals surface area contributed by atoms with Crippen LogP contribution in [-0.4, -0.2) is 36.6 Å². The molecule has 0 aliphatic carbocycles. The van der Waals surface area contributed by atoms with E-state index in [0.29, 0.717) is 24.1 Å². The molecule has 1 unspecified atom stereocenters. The molecule has 0 saturated carbocycles. The van der Waals surface area contributed by atoms with Crippen molar-refractivity contribution in [3.8, 4) is 0 Å². The first-order chi connectivity index (χ1) is 8.40. The average molecular weight is 261 g/mol. The molecule has 0 heterocycles. The molecule has 1 N–H and O–H groups in total. The zero-order valence-electron chi connectivity index (χ0n) is 10.5. The summed E-state index contributed by atoms with van der Waals surface area (Å²) < 4.78 is 37.4. The fourth-order valence-electron chi connectivity index (χ4n) is 1.65. The van der Waals surface area contributed by atoms with Crippen molar-refractivity contribution < 1.29 is 18.3 Å². The van der Waals surface area contributed by atoms with Gasteiger partial charge in [0, 0.05) is 6.54 Å². The van der Waals surface area contributed by atoms with Crippen LogP contribution in [0.3, 0.4) is 0 Å². The van der Waals surface area contributed by atoms with E-state index >= 15 is 0 Å². The number of aliphatic hydroxyl groups excluding tert-OH is 1. The van der Waals surface area contributed by atoms with E-state index in [4.69, 9.17) is 0 Å². The Hall–Kier alpha value is -1.07. The highest BCUT2D eigenvalue weighted by Crippen LogP contribution is 2.19. The number of rotatable bonds is 6. The third-order valence-electron chi connectivity index (χ3n) is 2.81. The molecular weight excluding hydrogens is 243 g/mol. The highest BCUT2D eigenvalue weighted by Gasteiger charge is 2.12. The molecule has 102 valence electrons. The van der Waals surface area contributed by atoms with Gasteiger partial charge in [0.05, 0.1) is 12.6 Å².